The van der Waals surface area contributed by atoms with Gasteiger partial charge in [-0.15, -0.1) is 0 Å². The second-order valence-electron chi connectivity index (χ2n) is 5.81. The molecule has 1 heterocycles. The van der Waals surface area contributed by atoms with Gasteiger partial charge in [0.05, 0.1) is 11.3 Å². The third-order valence-corrected chi connectivity index (χ3v) is 3.74. The molecular weight excluding hydrogens is 320 g/mol. The van der Waals surface area contributed by atoms with Gasteiger partial charge in [0.2, 0.25) is 0 Å². The van der Waals surface area contributed by atoms with Crippen LogP contribution in [0.2, 0.25) is 0 Å². The second kappa shape index (κ2) is 5.05. The summed E-state index contributed by atoms with van der Waals surface area (Å²) in [6.07, 6.45) is 1.93. The Morgan fingerprint density at radius 2 is 2.00 bits per heavy atom. The number of hydrogen-bond acceptors (Lipinski definition) is 2. The molecule has 0 amide bonds. The van der Waals surface area contributed by atoms with Crippen molar-refractivity contribution < 1.29 is 9.90 Å². The molecule has 20 heavy (non-hydrogen) atoms. The number of halogens is 1. The molecule has 1 aromatic heterocycles. The number of aromatic nitrogens is 2. The lowest BCUT2D eigenvalue weighted by Crippen LogP contribution is -2.13. The fourth-order valence-corrected chi connectivity index (χ4v) is 2.53. The third-order valence-electron chi connectivity index (χ3n) is 3.05. The van der Waals surface area contributed by atoms with Crippen LogP contribution in [0.5, 0.6) is 0 Å². The third kappa shape index (κ3) is 2.77. The van der Waals surface area contributed by atoms with Crippen molar-refractivity contribution in [2.75, 3.05) is 0 Å². The summed E-state index contributed by atoms with van der Waals surface area (Å²) in [6, 6.07) is 5.35. The van der Waals surface area contributed by atoms with Gasteiger partial charge in [-0.1, -0.05) is 26.8 Å². The summed E-state index contributed by atoms with van der Waals surface area (Å²) in [4.78, 5) is 11.2. The Morgan fingerprint density at radius 1 is 1.35 bits per heavy atom. The molecule has 0 unspecified atom stereocenters. The molecule has 0 saturated carbocycles. The van der Waals surface area contributed by atoms with Crippen molar-refractivity contribution in [1.82, 2.24) is 9.78 Å². The largest absolute Gasteiger partial charge is 0.478 e. The molecule has 1 N–H and O–H groups in total. The normalized spacial score (nSPS) is 11.7. The minimum Gasteiger partial charge on any atom is -0.478 e. The van der Waals surface area contributed by atoms with Crippen LogP contribution in [0.3, 0.4) is 0 Å². The molecule has 106 valence electrons. The zero-order valence-electron chi connectivity index (χ0n) is 11.9. The van der Waals surface area contributed by atoms with E-state index in [-0.39, 0.29) is 11.0 Å². The van der Waals surface area contributed by atoms with Crippen molar-refractivity contribution in [2.24, 2.45) is 7.05 Å². The van der Waals surface area contributed by atoms with Crippen molar-refractivity contribution >= 4 is 21.9 Å². The summed E-state index contributed by atoms with van der Waals surface area (Å²) >= 11 is 3.27. The van der Waals surface area contributed by atoms with Crippen LogP contribution in [0.15, 0.2) is 28.9 Å². The number of aromatic carboxylic acids is 1. The highest BCUT2D eigenvalue weighted by Crippen LogP contribution is 2.33. The highest BCUT2D eigenvalue weighted by molar-refractivity contribution is 9.10. The van der Waals surface area contributed by atoms with Crippen LogP contribution < -0.4 is 0 Å². The van der Waals surface area contributed by atoms with Crippen LogP contribution >= 0.6 is 15.9 Å². The monoisotopic (exact) mass is 336 g/mol. The maximum absolute atomic E-state index is 11.2. The van der Waals surface area contributed by atoms with Gasteiger partial charge in [-0.05, 0) is 33.6 Å². The zero-order chi connectivity index (χ0) is 15.1. The average Bonchev–Trinajstić information content (AvgIpc) is 2.71. The lowest BCUT2D eigenvalue weighted by Gasteiger charge is -2.17. The molecule has 0 bridgehead atoms. The standard InChI is InChI=1S/C15H17BrN2O2/c1-15(2,3)13-11(8-18(4)17-13)9-5-6-12(16)10(7-9)14(19)20/h5-8H,1-4H3,(H,19,20). The number of benzene rings is 1. The Hall–Kier alpha value is -1.62. The maximum Gasteiger partial charge on any atom is 0.336 e. The molecule has 0 aliphatic heterocycles. The molecule has 4 nitrogen and oxygen atoms in total. The van der Waals surface area contributed by atoms with Crippen molar-refractivity contribution in [1.29, 1.82) is 0 Å². The van der Waals surface area contributed by atoms with E-state index < -0.39 is 5.97 Å². The number of hydrogen-bond donors (Lipinski definition) is 1. The van der Waals surface area contributed by atoms with Gasteiger partial charge >= 0.3 is 5.97 Å². The summed E-state index contributed by atoms with van der Waals surface area (Å²) < 4.78 is 2.34. The van der Waals surface area contributed by atoms with E-state index in [0.717, 1.165) is 16.8 Å². The van der Waals surface area contributed by atoms with Crippen LogP contribution in [0.25, 0.3) is 11.1 Å². The first-order valence-corrected chi connectivity index (χ1v) is 7.07. The molecule has 2 aromatic rings. The molecule has 0 atom stereocenters. The molecule has 0 aliphatic carbocycles. The average molecular weight is 337 g/mol. The lowest BCUT2D eigenvalue weighted by molar-refractivity contribution is 0.0696. The first-order valence-electron chi connectivity index (χ1n) is 6.27. The molecule has 5 heteroatoms. The predicted molar refractivity (Wildman–Crippen MR) is 82.0 cm³/mol. The second-order valence-corrected chi connectivity index (χ2v) is 6.67. The lowest BCUT2D eigenvalue weighted by atomic mass is 9.87. The number of carboxylic acid groups (broad SMARTS) is 1. The van der Waals surface area contributed by atoms with E-state index >= 15 is 0 Å². The molecular formula is C15H17BrN2O2. The summed E-state index contributed by atoms with van der Waals surface area (Å²) in [5, 5.41) is 13.7. The van der Waals surface area contributed by atoms with Crippen molar-refractivity contribution in [2.45, 2.75) is 26.2 Å². The molecule has 0 fully saturated rings. The van der Waals surface area contributed by atoms with E-state index in [0.29, 0.717) is 4.47 Å². The molecule has 0 saturated heterocycles. The van der Waals surface area contributed by atoms with Gasteiger partial charge in [0.25, 0.3) is 0 Å². The number of carbonyl (C=O) groups is 1. The van der Waals surface area contributed by atoms with E-state index in [4.69, 9.17) is 0 Å². The fourth-order valence-electron chi connectivity index (χ4n) is 2.11. The van der Waals surface area contributed by atoms with Gasteiger partial charge in [-0.3, -0.25) is 4.68 Å². The number of carboxylic acids is 1. The van der Waals surface area contributed by atoms with Crippen LogP contribution in [0.4, 0.5) is 0 Å². The quantitative estimate of drug-likeness (QED) is 0.906. The SMILES string of the molecule is Cn1cc(-c2ccc(Br)c(C(=O)O)c2)c(C(C)(C)C)n1. The summed E-state index contributed by atoms with van der Waals surface area (Å²) in [5.74, 6) is -0.945. The topological polar surface area (TPSA) is 55.1 Å². The van der Waals surface area contributed by atoms with Gasteiger partial charge < -0.3 is 5.11 Å². The van der Waals surface area contributed by atoms with Gasteiger partial charge in [-0.25, -0.2) is 4.79 Å². The number of aryl methyl sites for hydroxylation is 1. The van der Waals surface area contributed by atoms with E-state index in [1.165, 1.54) is 0 Å². The Balaban J connectivity index is 2.63. The van der Waals surface area contributed by atoms with E-state index in [9.17, 15) is 9.90 Å². The minimum atomic E-state index is -0.945. The summed E-state index contributed by atoms with van der Waals surface area (Å²) in [6.45, 7) is 6.28. The van der Waals surface area contributed by atoms with Gasteiger partial charge in [0.15, 0.2) is 0 Å². The van der Waals surface area contributed by atoms with Crippen molar-refractivity contribution in [3.05, 3.63) is 40.1 Å². The first kappa shape index (κ1) is 14.8. The maximum atomic E-state index is 11.2. The Kier molecular flexibility index (Phi) is 3.73. The highest BCUT2D eigenvalue weighted by atomic mass is 79.9. The first-order chi connectivity index (χ1) is 9.20. The van der Waals surface area contributed by atoms with E-state index in [1.807, 2.05) is 19.3 Å². The van der Waals surface area contributed by atoms with Crippen LogP contribution in [-0.4, -0.2) is 20.9 Å². The Bertz CT molecular complexity index is 669. The van der Waals surface area contributed by atoms with Crippen molar-refractivity contribution in [3.8, 4) is 11.1 Å². The number of rotatable bonds is 2. The molecule has 0 spiro atoms. The van der Waals surface area contributed by atoms with E-state index in [2.05, 4.69) is 41.8 Å². The minimum absolute atomic E-state index is 0.104. The Morgan fingerprint density at radius 3 is 2.55 bits per heavy atom. The van der Waals surface area contributed by atoms with Gasteiger partial charge in [0.1, 0.15) is 0 Å². The molecule has 2 rings (SSSR count). The molecule has 0 radical (unpaired) electrons. The molecule has 1 aromatic carbocycles. The number of nitrogens with zero attached hydrogens (tertiary/aromatic N) is 2. The summed E-state index contributed by atoms with van der Waals surface area (Å²) in [5.41, 5.74) is 2.94. The van der Waals surface area contributed by atoms with Crippen molar-refractivity contribution in [3.63, 3.8) is 0 Å². The van der Waals surface area contributed by atoms with Crippen LogP contribution in [0.1, 0.15) is 36.8 Å². The van der Waals surface area contributed by atoms with Crippen LogP contribution in [-0.2, 0) is 12.5 Å². The van der Waals surface area contributed by atoms with Crippen LogP contribution in [0, 0.1) is 0 Å². The predicted octanol–water partition coefficient (Wildman–Crippen LogP) is 3.85. The Labute approximate surface area is 126 Å². The smallest absolute Gasteiger partial charge is 0.336 e. The summed E-state index contributed by atoms with van der Waals surface area (Å²) in [7, 11) is 1.87. The molecule has 0 aliphatic rings. The fraction of sp³-hybridized carbons (Fsp3) is 0.333. The van der Waals surface area contributed by atoms with E-state index in [1.54, 1.807) is 16.8 Å². The highest BCUT2D eigenvalue weighted by Gasteiger charge is 2.23. The van der Waals surface area contributed by atoms with Gasteiger partial charge in [0, 0.05) is 28.7 Å². The zero-order valence-corrected chi connectivity index (χ0v) is 13.5. The van der Waals surface area contributed by atoms with Gasteiger partial charge in [-0.2, -0.15) is 5.10 Å².